The van der Waals surface area contributed by atoms with Crippen molar-refractivity contribution >= 4 is 40.1 Å². The lowest BCUT2D eigenvalue weighted by molar-refractivity contribution is -0.134. The smallest absolute Gasteiger partial charge is 0.257 e. The first-order valence-electron chi connectivity index (χ1n) is 17.3. The highest BCUT2D eigenvalue weighted by atomic mass is 32.1. The van der Waals surface area contributed by atoms with E-state index in [0.29, 0.717) is 63.7 Å². The van der Waals surface area contributed by atoms with Crippen molar-refractivity contribution in [1.29, 1.82) is 0 Å². The number of rotatable bonds is 18. The molecule has 3 N–H and O–H groups in total. The number of aromatic nitrogens is 1. The van der Waals surface area contributed by atoms with Crippen molar-refractivity contribution in [3.63, 3.8) is 0 Å². The molecule has 0 saturated carbocycles. The van der Waals surface area contributed by atoms with Crippen LogP contribution < -0.4 is 30.3 Å². The van der Waals surface area contributed by atoms with Crippen molar-refractivity contribution in [3.05, 3.63) is 59.0 Å². The van der Waals surface area contributed by atoms with Gasteiger partial charge >= 0.3 is 0 Å². The Kier molecular flexibility index (Phi) is 14.1. The molecule has 274 valence electrons. The largest absolute Gasteiger partial charge is 0.484 e. The number of morpholine rings is 1. The van der Waals surface area contributed by atoms with Crippen LogP contribution in [-0.2, 0) is 23.9 Å². The quantitative estimate of drug-likeness (QED) is 0.128. The molecule has 3 aromatic rings. The van der Waals surface area contributed by atoms with Gasteiger partial charge in [-0.2, -0.15) is 4.39 Å². The van der Waals surface area contributed by atoms with Crippen LogP contribution in [0.5, 0.6) is 11.5 Å². The maximum Gasteiger partial charge on any atom is 0.257 e. The molecule has 15 heteroatoms. The Balaban J connectivity index is 0.899. The zero-order valence-electron chi connectivity index (χ0n) is 28.3. The van der Waals surface area contributed by atoms with E-state index in [1.807, 2.05) is 0 Å². The number of amides is 4. The highest BCUT2D eigenvalue weighted by molar-refractivity contribution is 7.14. The van der Waals surface area contributed by atoms with Gasteiger partial charge in [-0.25, -0.2) is 9.37 Å². The number of nitrogens with zero attached hydrogens (tertiary/aromatic N) is 2. The number of ether oxygens (including phenoxy) is 3. The first-order valence-corrected chi connectivity index (χ1v) is 18.2. The van der Waals surface area contributed by atoms with E-state index in [4.69, 9.17) is 14.2 Å². The van der Waals surface area contributed by atoms with E-state index in [1.54, 1.807) is 29.6 Å². The van der Waals surface area contributed by atoms with Crippen LogP contribution in [0.2, 0.25) is 0 Å². The number of nitrogens with one attached hydrogen (secondary N) is 3. The van der Waals surface area contributed by atoms with E-state index in [9.17, 15) is 28.0 Å². The van der Waals surface area contributed by atoms with Crippen molar-refractivity contribution in [2.75, 3.05) is 57.5 Å². The minimum absolute atomic E-state index is 0.116. The number of piperidine rings is 1. The maximum atomic E-state index is 14.8. The van der Waals surface area contributed by atoms with E-state index in [2.05, 4.69) is 25.8 Å². The molecule has 5 rings (SSSR count). The summed E-state index contributed by atoms with van der Waals surface area (Å²) in [6, 6.07) is 9.39. The standard InChI is InChI=1S/C36H43F2N5O7S/c37-28-13-11-27(29-23-51-36(41-29)43-17-19-48-20-18-43)34(33(28)38)50-22-32(46)40-16-6-4-2-1-3-5-15-39-31(45)21-49-25-9-7-24(8-10-25)26-12-14-30(44)42-35(26)47/h7-11,13,23,26H,1-6,12,14-22H2,(H,39,45)(H,40,46)(H,42,44,47). The molecule has 1 unspecified atom stereocenters. The maximum absolute atomic E-state index is 14.8. The molecule has 1 aromatic heterocycles. The van der Waals surface area contributed by atoms with Crippen molar-refractivity contribution in [2.45, 2.75) is 57.3 Å². The summed E-state index contributed by atoms with van der Waals surface area (Å²) >= 11 is 1.40. The first-order chi connectivity index (χ1) is 24.8. The van der Waals surface area contributed by atoms with Crippen molar-refractivity contribution in [1.82, 2.24) is 20.9 Å². The number of thiazole rings is 1. The molecule has 0 aliphatic carbocycles. The third-order valence-electron chi connectivity index (χ3n) is 8.59. The molecule has 0 spiro atoms. The Hall–Kier alpha value is -4.63. The summed E-state index contributed by atoms with van der Waals surface area (Å²) in [7, 11) is 0. The number of halogens is 2. The van der Waals surface area contributed by atoms with Gasteiger partial charge in [0, 0.05) is 43.5 Å². The van der Waals surface area contributed by atoms with Gasteiger partial charge in [0.15, 0.2) is 29.9 Å². The fourth-order valence-electron chi connectivity index (χ4n) is 5.77. The molecular weight excluding hydrogens is 684 g/mol. The number of benzene rings is 2. The van der Waals surface area contributed by atoms with Crippen LogP contribution in [0.1, 0.15) is 62.8 Å². The zero-order valence-corrected chi connectivity index (χ0v) is 29.2. The summed E-state index contributed by atoms with van der Waals surface area (Å²) in [5, 5.41) is 10.5. The Morgan fingerprint density at radius 3 is 2.22 bits per heavy atom. The summed E-state index contributed by atoms with van der Waals surface area (Å²) in [5.74, 6) is -3.62. The summed E-state index contributed by atoms with van der Waals surface area (Å²) < 4.78 is 45.2. The SMILES string of the molecule is O=C(COc1ccc(C2CCC(=O)NC2=O)cc1)NCCCCCCCCNC(=O)COc1c(-c2csc(N3CCOCC3)n2)ccc(F)c1F. The minimum Gasteiger partial charge on any atom is -0.484 e. The lowest BCUT2D eigenvalue weighted by Crippen LogP contribution is -2.39. The van der Waals surface area contributed by atoms with Crippen LogP contribution in [0.4, 0.5) is 13.9 Å². The average molecular weight is 728 g/mol. The van der Waals surface area contributed by atoms with Gasteiger partial charge in [0.2, 0.25) is 17.6 Å². The van der Waals surface area contributed by atoms with Gasteiger partial charge in [0.25, 0.3) is 11.8 Å². The Labute approximate surface area is 299 Å². The fourth-order valence-corrected chi connectivity index (χ4v) is 6.65. The molecular formula is C36H43F2N5O7S. The molecule has 2 aromatic carbocycles. The second-order valence-electron chi connectivity index (χ2n) is 12.3. The third kappa shape index (κ3) is 11.2. The van der Waals surface area contributed by atoms with Crippen molar-refractivity contribution in [2.24, 2.45) is 0 Å². The topological polar surface area (TPSA) is 148 Å². The van der Waals surface area contributed by atoms with Gasteiger partial charge in [0.05, 0.1) is 24.8 Å². The predicted molar refractivity (Wildman–Crippen MR) is 187 cm³/mol. The summed E-state index contributed by atoms with van der Waals surface area (Å²) in [5.41, 5.74) is 1.52. The highest BCUT2D eigenvalue weighted by Gasteiger charge is 2.28. The molecule has 12 nitrogen and oxygen atoms in total. The molecule has 4 amide bonds. The molecule has 51 heavy (non-hydrogen) atoms. The molecule has 3 heterocycles. The number of hydrogen-bond acceptors (Lipinski definition) is 10. The second-order valence-corrected chi connectivity index (χ2v) is 13.2. The number of anilines is 1. The van der Waals surface area contributed by atoms with E-state index in [1.165, 1.54) is 17.4 Å². The summed E-state index contributed by atoms with van der Waals surface area (Å²) in [4.78, 5) is 54.6. The number of imide groups is 1. The van der Waals surface area contributed by atoms with Gasteiger partial charge in [0.1, 0.15) is 5.75 Å². The van der Waals surface area contributed by atoms with Gasteiger partial charge in [-0.15, -0.1) is 11.3 Å². The zero-order chi connectivity index (χ0) is 36.0. The van der Waals surface area contributed by atoms with Crippen LogP contribution in [0.25, 0.3) is 11.3 Å². The van der Waals surface area contributed by atoms with Gasteiger partial charge in [-0.1, -0.05) is 37.8 Å². The number of hydrogen-bond donors (Lipinski definition) is 3. The minimum atomic E-state index is -1.16. The van der Waals surface area contributed by atoms with Crippen LogP contribution in [0, 0.1) is 11.6 Å². The molecule has 2 aliphatic heterocycles. The Morgan fingerprint density at radius 2 is 1.55 bits per heavy atom. The van der Waals surface area contributed by atoms with Crippen LogP contribution >= 0.6 is 11.3 Å². The first kappa shape index (κ1) is 37.6. The predicted octanol–water partition coefficient (Wildman–Crippen LogP) is 4.48. The van der Waals surface area contributed by atoms with Crippen LogP contribution in [0.15, 0.2) is 41.8 Å². The van der Waals surface area contributed by atoms with Gasteiger partial charge in [-0.3, -0.25) is 24.5 Å². The summed E-state index contributed by atoms with van der Waals surface area (Å²) in [6.45, 7) is 2.99. The second kappa shape index (κ2) is 19.1. The van der Waals surface area contributed by atoms with Gasteiger partial charge < -0.3 is 29.7 Å². The molecule has 2 aliphatic rings. The van der Waals surface area contributed by atoms with E-state index in [-0.39, 0.29) is 41.6 Å². The van der Waals surface area contributed by atoms with Crippen LogP contribution in [0.3, 0.4) is 0 Å². The molecule has 2 fully saturated rings. The highest BCUT2D eigenvalue weighted by Crippen LogP contribution is 2.36. The number of carbonyl (C=O) groups is 4. The lowest BCUT2D eigenvalue weighted by atomic mass is 9.90. The molecule has 0 radical (unpaired) electrons. The lowest BCUT2D eigenvalue weighted by Gasteiger charge is -2.26. The van der Waals surface area contributed by atoms with Crippen molar-refractivity contribution < 1.29 is 42.2 Å². The summed E-state index contributed by atoms with van der Waals surface area (Å²) in [6.07, 6.45) is 6.17. The monoisotopic (exact) mass is 727 g/mol. The number of carbonyl (C=O) groups excluding carboxylic acids is 4. The van der Waals surface area contributed by atoms with E-state index >= 15 is 0 Å². The number of unbranched alkanes of at least 4 members (excludes halogenated alkanes) is 5. The van der Waals surface area contributed by atoms with E-state index < -0.39 is 24.1 Å². The Bertz CT molecular complexity index is 1650. The average Bonchev–Trinajstić information content (AvgIpc) is 3.63. The van der Waals surface area contributed by atoms with Crippen molar-refractivity contribution in [3.8, 4) is 22.8 Å². The van der Waals surface area contributed by atoms with Crippen LogP contribution in [-0.4, -0.2) is 81.2 Å². The normalized spacial score (nSPS) is 16.0. The third-order valence-corrected chi connectivity index (χ3v) is 9.49. The Morgan fingerprint density at radius 1 is 0.902 bits per heavy atom. The van der Waals surface area contributed by atoms with Gasteiger partial charge in [-0.05, 0) is 49.1 Å². The molecule has 0 bridgehead atoms. The molecule has 2 saturated heterocycles. The van der Waals surface area contributed by atoms with E-state index in [0.717, 1.165) is 55.3 Å². The fraction of sp³-hybridized carbons (Fsp3) is 0.472. The molecule has 1 atom stereocenters.